The van der Waals surface area contributed by atoms with Crippen molar-refractivity contribution in [1.82, 2.24) is 19.4 Å². The molecule has 0 aliphatic carbocycles. The number of anilines is 2. The van der Waals surface area contributed by atoms with Gasteiger partial charge < -0.3 is 19.1 Å². The first-order valence-corrected chi connectivity index (χ1v) is 10.4. The number of amides is 1. The van der Waals surface area contributed by atoms with Crippen molar-refractivity contribution in [2.75, 3.05) is 31.1 Å². The normalized spacial score (nSPS) is 17.7. The van der Waals surface area contributed by atoms with Gasteiger partial charge in [-0.2, -0.15) is 0 Å². The van der Waals surface area contributed by atoms with E-state index in [1.165, 1.54) is 22.0 Å². The molecule has 0 unspecified atom stereocenters. The summed E-state index contributed by atoms with van der Waals surface area (Å²) in [7, 11) is 1.65. The van der Waals surface area contributed by atoms with Gasteiger partial charge in [0.15, 0.2) is 11.6 Å². The van der Waals surface area contributed by atoms with Gasteiger partial charge in [0, 0.05) is 44.9 Å². The monoisotopic (exact) mass is 441 g/mol. The number of likely N-dealkylation sites (tertiary alicyclic amines) is 1. The van der Waals surface area contributed by atoms with E-state index in [-0.39, 0.29) is 37.4 Å². The number of pyridine rings is 1. The van der Waals surface area contributed by atoms with E-state index in [1.54, 1.807) is 19.2 Å². The van der Waals surface area contributed by atoms with Crippen LogP contribution in [0.15, 0.2) is 41.6 Å². The fraction of sp³-hybridized carbons (Fsp3) is 0.364. The van der Waals surface area contributed by atoms with Crippen LogP contribution in [-0.4, -0.2) is 57.5 Å². The Morgan fingerprint density at radius 1 is 1.12 bits per heavy atom. The number of nitrogens with zero attached hydrogens (tertiary/aromatic N) is 5. The van der Waals surface area contributed by atoms with Crippen molar-refractivity contribution in [2.45, 2.75) is 18.8 Å². The molecule has 1 saturated heterocycles. The number of piperidine rings is 1. The van der Waals surface area contributed by atoms with Gasteiger partial charge in [0.2, 0.25) is 0 Å². The topological polar surface area (TPSA) is 80.6 Å². The second-order valence-electron chi connectivity index (χ2n) is 8.06. The van der Waals surface area contributed by atoms with Crippen molar-refractivity contribution in [1.29, 1.82) is 0 Å². The second kappa shape index (κ2) is 7.54. The zero-order valence-electron chi connectivity index (χ0n) is 17.4. The van der Waals surface area contributed by atoms with Gasteiger partial charge in [-0.1, -0.05) is 0 Å². The molecule has 5 rings (SSSR count). The molecule has 4 heterocycles. The van der Waals surface area contributed by atoms with Crippen LogP contribution in [0.3, 0.4) is 0 Å². The lowest BCUT2D eigenvalue weighted by Crippen LogP contribution is -2.42. The molecule has 0 N–H and O–H groups in total. The lowest BCUT2D eigenvalue weighted by Gasteiger charge is -2.33. The molecule has 3 aromatic rings. The number of alkyl halides is 2. The van der Waals surface area contributed by atoms with E-state index < -0.39 is 5.92 Å². The number of aryl methyl sites for hydroxylation is 1. The van der Waals surface area contributed by atoms with Crippen molar-refractivity contribution >= 4 is 28.3 Å². The summed E-state index contributed by atoms with van der Waals surface area (Å²) in [4.78, 5) is 37.2. The summed E-state index contributed by atoms with van der Waals surface area (Å²) in [5.41, 5.74) is 1.56. The highest BCUT2D eigenvalue weighted by molar-refractivity contribution is 5.95. The molecule has 2 aliphatic rings. The molecule has 1 fully saturated rings. The van der Waals surface area contributed by atoms with E-state index >= 15 is 0 Å². The number of aromatic nitrogens is 3. The fourth-order valence-electron chi connectivity index (χ4n) is 4.05. The maximum Gasteiger partial charge on any atom is 0.260 e. The van der Waals surface area contributed by atoms with E-state index in [1.807, 2.05) is 17.0 Å². The zero-order valence-corrected chi connectivity index (χ0v) is 17.4. The highest BCUT2D eigenvalue weighted by Crippen LogP contribution is 2.36. The Bertz CT molecular complexity index is 1270. The number of halogens is 2. The Labute approximate surface area is 182 Å². The zero-order chi connectivity index (χ0) is 22.5. The Hall–Kier alpha value is -3.56. The summed E-state index contributed by atoms with van der Waals surface area (Å²) in [5, 5.41) is 0.522. The predicted octanol–water partition coefficient (Wildman–Crippen LogP) is 2.73. The molecule has 32 heavy (non-hydrogen) atoms. The molecule has 166 valence electrons. The molecule has 0 spiro atoms. The first kappa shape index (κ1) is 20.3. The summed E-state index contributed by atoms with van der Waals surface area (Å²) in [6.45, 7) is 0.939. The van der Waals surface area contributed by atoms with Gasteiger partial charge in [-0.3, -0.25) is 9.59 Å². The van der Waals surface area contributed by atoms with Gasteiger partial charge in [0.25, 0.3) is 17.4 Å². The molecule has 0 atom stereocenters. The van der Waals surface area contributed by atoms with Crippen LogP contribution in [-0.2, 0) is 7.05 Å². The number of rotatable bonds is 2. The van der Waals surface area contributed by atoms with E-state index in [2.05, 4.69) is 9.97 Å². The number of ether oxygens (including phenoxy) is 1. The second-order valence-corrected chi connectivity index (χ2v) is 8.06. The van der Waals surface area contributed by atoms with Crippen molar-refractivity contribution < 1.29 is 18.3 Å². The van der Waals surface area contributed by atoms with Gasteiger partial charge in [-0.25, -0.2) is 18.7 Å². The number of carbonyl (C=O) groups excluding carboxylic acids is 1. The molecular formula is C22H21F2N5O3. The Kier molecular flexibility index (Phi) is 4.79. The average molecular weight is 441 g/mol. The highest BCUT2D eigenvalue weighted by Gasteiger charge is 2.36. The Morgan fingerprint density at radius 2 is 1.91 bits per heavy atom. The minimum Gasteiger partial charge on any atom is -0.488 e. The molecule has 1 aromatic carbocycles. The number of benzene rings is 1. The first-order valence-electron chi connectivity index (χ1n) is 10.4. The van der Waals surface area contributed by atoms with Crippen molar-refractivity contribution in [3.8, 4) is 5.75 Å². The Balaban J connectivity index is 1.43. The SMILES string of the molecule is Cn1cnc2cc(N3CCOc4cc(C(=O)N5CCC(F)(F)CC5)cnc43)ccc2c1=O. The third kappa shape index (κ3) is 3.55. The van der Waals surface area contributed by atoms with Crippen LogP contribution in [0.5, 0.6) is 5.75 Å². The largest absolute Gasteiger partial charge is 0.488 e. The summed E-state index contributed by atoms with van der Waals surface area (Å²) in [5.74, 6) is -2.06. The molecule has 2 aromatic heterocycles. The molecule has 0 radical (unpaired) electrons. The van der Waals surface area contributed by atoms with Crippen molar-refractivity contribution in [3.63, 3.8) is 0 Å². The minimum atomic E-state index is -2.71. The van der Waals surface area contributed by atoms with Gasteiger partial charge in [-0.05, 0) is 24.3 Å². The van der Waals surface area contributed by atoms with Gasteiger partial charge >= 0.3 is 0 Å². The van der Waals surface area contributed by atoms with Crippen molar-refractivity contribution in [3.05, 3.63) is 52.7 Å². The molecular weight excluding hydrogens is 420 g/mol. The molecule has 2 aliphatic heterocycles. The van der Waals surface area contributed by atoms with Gasteiger partial charge in [0.05, 0.1) is 29.3 Å². The van der Waals surface area contributed by atoms with Crippen LogP contribution in [0.2, 0.25) is 0 Å². The molecule has 8 nitrogen and oxygen atoms in total. The molecule has 10 heteroatoms. The summed E-state index contributed by atoms with van der Waals surface area (Å²) in [6, 6.07) is 6.99. The van der Waals surface area contributed by atoms with E-state index in [9.17, 15) is 18.4 Å². The van der Waals surface area contributed by atoms with Gasteiger partial charge in [-0.15, -0.1) is 0 Å². The maximum absolute atomic E-state index is 13.4. The van der Waals surface area contributed by atoms with E-state index in [0.29, 0.717) is 41.2 Å². The quantitative estimate of drug-likeness (QED) is 0.609. The standard InChI is InChI=1S/C22H21F2N5O3/c1-27-13-26-17-11-15(2-3-16(17)21(27)31)29-8-9-32-18-10-14(12-25-19(18)29)20(30)28-6-4-22(23,24)5-7-28/h2-3,10-13H,4-9H2,1H3. The maximum atomic E-state index is 13.4. The van der Waals surface area contributed by atoms with Crippen molar-refractivity contribution in [2.24, 2.45) is 7.05 Å². The molecule has 0 saturated carbocycles. The number of hydrogen-bond acceptors (Lipinski definition) is 6. The minimum absolute atomic E-state index is 0.0133. The smallest absolute Gasteiger partial charge is 0.260 e. The lowest BCUT2D eigenvalue weighted by molar-refractivity contribution is -0.0494. The van der Waals surface area contributed by atoms with Crippen LogP contribution in [0.4, 0.5) is 20.3 Å². The average Bonchev–Trinajstić information content (AvgIpc) is 2.80. The van der Waals surface area contributed by atoms with Gasteiger partial charge in [0.1, 0.15) is 6.61 Å². The molecule has 1 amide bonds. The number of fused-ring (bicyclic) bond motifs is 2. The third-order valence-electron chi connectivity index (χ3n) is 5.90. The van der Waals surface area contributed by atoms with Crippen LogP contribution in [0, 0.1) is 0 Å². The number of hydrogen-bond donors (Lipinski definition) is 0. The number of carbonyl (C=O) groups is 1. The summed E-state index contributed by atoms with van der Waals surface area (Å²) in [6.07, 6.45) is 2.26. The Morgan fingerprint density at radius 3 is 2.69 bits per heavy atom. The van der Waals surface area contributed by atoms with Crippen LogP contribution in [0.1, 0.15) is 23.2 Å². The van der Waals surface area contributed by atoms with E-state index in [0.717, 1.165) is 5.69 Å². The third-order valence-corrected chi connectivity index (χ3v) is 5.90. The first-order chi connectivity index (χ1) is 15.3. The van der Waals surface area contributed by atoms with Crippen LogP contribution in [0.25, 0.3) is 10.9 Å². The highest BCUT2D eigenvalue weighted by atomic mass is 19.3. The summed E-state index contributed by atoms with van der Waals surface area (Å²) >= 11 is 0. The molecule has 0 bridgehead atoms. The fourth-order valence-corrected chi connectivity index (χ4v) is 4.05. The lowest BCUT2D eigenvalue weighted by atomic mass is 10.1. The van der Waals surface area contributed by atoms with Crippen LogP contribution < -0.4 is 15.2 Å². The summed E-state index contributed by atoms with van der Waals surface area (Å²) < 4.78 is 34.0. The van der Waals surface area contributed by atoms with E-state index in [4.69, 9.17) is 4.74 Å². The predicted molar refractivity (Wildman–Crippen MR) is 114 cm³/mol. The van der Waals surface area contributed by atoms with Crippen LogP contribution >= 0.6 is 0 Å².